The zero-order valence-electron chi connectivity index (χ0n) is 17.7. The molecule has 31 heavy (non-hydrogen) atoms. The van der Waals surface area contributed by atoms with Crippen molar-refractivity contribution in [2.75, 3.05) is 0 Å². The third-order valence-electron chi connectivity index (χ3n) is 6.19. The van der Waals surface area contributed by atoms with E-state index in [0.717, 1.165) is 23.0 Å². The summed E-state index contributed by atoms with van der Waals surface area (Å²) in [6, 6.07) is 7.65. The summed E-state index contributed by atoms with van der Waals surface area (Å²) >= 11 is 6.01. The first kappa shape index (κ1) is 21.4. The molecule has 164 valence electrons. The number of aromatic nitrogens is 4. The second-order valence-corrected chi connectivity index (χ2v) is 8.64. The van der Waals surface area contributed by atoms with Crippen LogP contribution in [0.1, 0.15) is 43.7 Å². The minimum absolute atomic E-state index is 0.00518. The number of nitrogens with one attached hydrogen (secondary N) is 1. The molecule has 1 atom stereocenters. The topological polar surface area (TPSA) is 90.9 Å². The maximum atomic E-state index is 12.7. The largest absolute Gasteiger partial charge is 0.349 e. The third kappa shape index (κ3) is 4.17. The van der Waals surface area contributed by atoms with Gasteiger partial charge in [-0.15, -0.1) is 0 Å². The Kier molecular flexibility index (Phi) is 6.00. The van der Waals surface area contributed by atoms with Gasteiger partial charge in [-0.3, -0.25) is 18.7 Å². The first-order chi connectivity index (χ1) is 14.9. The number of rotatable bonds is 7. The van der Waals surface area contributed by atoms with Crippen LogP contribution >= 0.6 is 11.6 Å². The Morgan fingerprint density at radius 1 is 1.19 bits per heavy atom. The highest BCUT2D eigenvalue weighted by atomic mass is 35.5. The predicted molar refractivity (Wildman–Crippen MR) is 119 cm³/mol. The number of carbonyl (C=O) groups excluding carboxylic acids is 1. The monoisotopic (exact) mass is 443 g/mol. The number of hydrogen-bond donors (Lipinski definition) is 1. The first-order valence-electron chi connectivity index (χ1n) is 10.5. The van der Waals surface area contributed by atoms with Gasteiger partial charge in [-0.25, -0.2) is 9.78 Å². The van der Waals surface area contributed by atoms with Crippen molar-refractivity contribution in [1.29, 1.82) is 0 Å². The molecule has 1 aliphatic carbocycles. The molecule has 1 N–H and O–H groups in total. The Morgan fingerprint density at radius 3 is 2.55 bits per heavy atom. The smallest absolute Gasteiger partial charge is 0.332 e. The van der Waals surface area contributed by atoms with Gasteiger partial charge in [-0.05, 0) is 42.9 Å². The summed E-state index contributed by atoms with van der Waals surface area (Å²) in [5, 5.41) is 3.87. The Balaban J connectivity index is 1.42. The molecule has 2 aromatic heterocycles. The van der Waals surface area contributed by atoms with Crippen molar-refractivity contribution in [2.45, 2.75) is 44.7 Å². The van der Waals surface area contributed by atoms with Crippen molar-refractivity contribution < 1.29 is 4.79 Å². The summed E-state index contributed by atoms with van der Waals surface area (Å²) in [4.78, 5) is 41.5. The van der Waals surface area contributed by atoms with E-state index in [2.05, 4.69) is 10.3 Å². The number of hydrogen-bond acceptors (Lipinski definition) is 4. The normalized spacial score (nSPS) is 15.1. The maximum absolute atomic E-state index is 12.7. The molecule has 4 rings (SSSR count). The van der Waals surface area contributed by atoms with Crippen LogP contribution in [-0.4, -0.2) is 24.6 Å². The van der Waals surface area contributed by atoms with Crippen molar-refractivity contribution in [3.05, 3.63) is 62.0 Å². The Labute approximate surface area is 184 Å². The van der Waals surface area contributed by atoms with Crippen molar-refractivity contribution in [2.24, 2.45) is 20.0 Å². The first-order valence-corrected chi connectivity index (χ1v) is 10.9. The fourth-order valence-electron chi connectivity index (χ4n) is 4.14. The lowest BCUT2D eigenvalue weighted by atomic mass is 9.77. The molecule has 1 saturated carbocycles. The highest BCUT2D eigenvalue weighted by molar-refractivity contribution is 6.30. The third-order valence-corrected chi connectivity index (χ3v) is 6.44. The lowest BCUT2D eigenvalue weighted by Crippen LogP contribution is -2.37. The molecule has 1 amide bonds. The van der Waals surface area contributed by atoms with E-state index in [0.29, 0.717) is 41.5 Å². The van der Waals surface area contributed by atoms with Crippen LogP contribution in [0.25, 0.3) is 11.2 Å². The Morgan fingerprint density at radius 2 is 1.90 bits per heavy atom. The van der Waals surface area contributed by atoms with E-state index >= 15 is 0 Å². The van der Waals surface area contributed by atoms with E-state index in [1.165, 1.54) is 18.0 Å². The summed E-state index contributed by atoms with van der Waals surface area (Å²) < 4.78 is 4.14. The second-order valence-electron chi connectivity index (χ2n) is 8.21. The molecule has 0 radical (unpaired) electrons. The van der Waals surface area contributed by atoms with Crippen LogP contribution in [0, 0.1) is 5.92 Å². The van der Waals surface area contributed by atoms with Gasteiger partial charge in [0.2, 0.25) is 5.91 Å². The maximum Gasteiger partial charge on any atom is 0.332 e. The summed E-state index contributed by atoms with van der Waals surface area (Å²) in [5.41, 5.74) is 1.01. The van der Waals surface area contributed by atoms with Crippen LogP contribution in [-0.2, 0) is 25.4 Å². The molecule has 0 aliphatic heterocycles. The SMILES string of the molecule is Cn1c(=O)c2c(ncn2CCCC(=O)NC(c2ccc(Cl)cc2)C2CCC2)n(C)c1=O. The number of fused-ring (bicyclic) bond motifs is 1. The summed E-state index contributed by atoms with van der Waals surface area (Å²) in [6.45, 7) is 0.465. The number of nitrogens with zero attached hydrogens (tertiary/aromatic N) is 4. The van der Waals surface area contributed by atoms with Crippen LogP contribution in [0.4, 0.5) is 0 Å². The zero-order chi connectivity index (χ0) is 22.1. The average Bonchev–Trinajstić information content (AvgIpc) is 3.13. The van der Waals surface area contributed by atoms with Gasteiger partial charge in [0.25, 0.3) is 5.56 Å². The van der Waals surface area contributed by atoms with Gasteiger partial charge in [-0.1, -0.05) is 30.2 Å². The van der Waals surface area contributed by atoms with Crippen LogP contribution in [0.2, 0.25) is 5.02 Å². The van der Waals surface area contributed by atoms with Gasteiger partial charge >= 0.3 is 5.69 Å². The molecule has 1 aromatic carbocycles. The number of imidazole rings is 1. The van der Waals surface area contributed by atoms with Crippen LogP contribution in [0.3, 0.4) is 0 Å². The van der Waals surface area contributed by atoms with Gasteiger partial charge in [0, 0.05) is 32.1 Å². The minimum atomic E-state index is -0.411. The fourth-order valence-corrected chi connectivity index (χ4v) is 4.26. The van der Waals surface area contributed by atoms with Gasteiger partial charge in [0.15, 0.2) is 11.2 Å². The number of benzene rings is 1. The summed E-state index contributed by atoms with van der Waals surface area (Å²) in [5.74, 6) is 0.434. The van der Waals surface area contributed by atoms with E-state index < -0.39 is 5.69 Å². The molecule has 8 nitrogen and oxygen atoms in total. The minimum Gasteiger partial charge on any atom is -0.349 e. The van der Waals surface area contributed by atoms with E-state index in [-0.39, 0.29) is 17.5 Å². The van der Waals surface area contributed by atoms with Crippen molar-refractivity contribution in [1.82, 2.24) is 24.0 Å². The van der Waals surface area contributed by atoms with Crippen molar-refractivity contribution >= 4 is 28.7 Å². The highest BCUT2D eigenvalue weighted by Crippen LogP contribution is 2.38. The van der Waals surface area contributed by atoms with Crippen LogP contribution in [0.5, 0.6) is 0 Å². The molecular formula is C22H26ClN5O3. The lowest BCUT2D eigenvalue weighted by Gasteiger charge is -2.34. The van der Waals surface area contributed by atoms with Crippen LogP contribution < -0.4 is 16.6 Å². The highest BCUT2D eigenvalue weighted by Gasteiger charge is 2.29. The Hall–Kier alpha value is -2.87. The van der Waals surface area contributed by atoms with Crippen molar-refractivity contribution in [3.63, 3.8) is 0 Å². The predicted octanol–water partition coefficient (Wildman–Crippen LogP) is 2.52. The second kappa shape index (κ2) is 8.70. The van der Waals surface area contributed by atoms with E-state index in [4.69, 9.17) is 11.6 Å². The Bertz CT molecular complexity index is 1220. The van der Waals surface area contributed by atoms with E-state index in [1.807, 2.05) is 24.3 Å². The van der Waals surface area contributed by atoms with Crippen molar-refractivity contribution in [3.8, 4) is 0 Å². The van der Waals surface area contributed by atoms with E-state index in [1.54, 1.807) is 17.9 Å². The zero-order valence-corrected chi connectivity index (χ0v) is 18.4. The number of carbonyl (C=O) groups is 1. The summed E-state index contributed by atoms with van der Waals surface area (Å²) in [7, 11) is 3.04. The van der Waals surface area contributed by atoms with Gasteiger partial charge in [0.05, 0.1) is 12.4 Å². The summed E-state index contributed by atoms with van der Waals surface area (Å²) in [6.07, 6.45) is 5.85. The molecule has 1 unspecified atom stereocenters. The van der Waals surface area contributed by atoms with E-state index in [9.17, 15) is 14.4 Å². The fraction of sp³-hybridized carbons (Fsp3) is 0.455. The standard InChI is InChI=1S/C22H26ClN5O3/c1-26-20-19(21(30)27(2)22(26)31)28(13-24-20)12-4-7-17(29)25-18(14-5-3-6-14)15-8-10-16(23)11-9-15/h8-11,13-14,18H,3-7,12H2,1-2H3,(H,25,29). The average molecular weight is 444 g/mol. The molecule has 1 aliphatic rings. The quantitative estimate of drug-likeness (QED) is 0.607. The van der Waals surface area contributed by atoms with Crippen LogP contribution in [0.15, 0.2) is 40.2 Å². The molecule has 0 spiro atoms. The van der Waals surface area contributed by atoms with Gasteiger partial charge in [0.1, 0.15) is 0 Å². The molecule has 9 heteroatoms. The molecule has 1 fully saturated rings. The van der Waals surface area contributed by atoms with Gasteiger partial charge in [-0.2, -0.15) is 0 Å². The number of aryl methyl sites for hydroxylation is 2. The lowest BCUT2D eigenvalue weighted by molar-refractivity contribution is -0.122. The number of amides is 1. The molecular weight excluding hydrogens is 418 g/mol. The molecule has 2 heterocycles. The molecule has 0 saturated heterocycles. The molecule has 3 aromatic rings. The number of halogens is 1. The molecule has 0 bridgehead atoms. The van der Waals surface area contributed by atoms with Gasteiger partial charge < -0.3 is 9.88 Å².